The van der Waals surface area contributed by atoms with E-state index >= 15 is 0 Å². The van der Waals surface area contributed by atoms with Crippen molar-refractivity contribution in [3.8, 4) is 5.75 Å². The van der Waals surface area contributed by atoms with Crippen LogP contribution in [0, 0.1) is 19.3 Å². The minimum Gasteiger partial charge on any atom is -0.496 e. The van der Waals surface area contributed by atoms with Gasteiger partial charge in [-0.25, -0.2) is 0 Å². The minimum atomic E-state index is 0.0229. The van der Waals surface area contributed by atoms with Gasteiger partial charge in [0.25, 0.3) is 5.91 Å². The number of carbonyl (C=O) groups is 1. The first-order valence-electron chi connectivity index (χ1n) is 12.5. The van der Waals surface area contributed by atoms with E-state index in [1.165, 1.54) is 11.1 Å². The third-order valence-electron chi connectivity index (χ3n) is 8.52. The van der Waals surface area contributed by atoms with Gasteiger partial charge in [0.15, 0.2) is 0 Å². The molecule has 3 fully saturated rings. The predicted molar refractivity (Wildman–Crippen MR) is 142 cm³/mol. The molecule has 0 spiro atoms. The van der Waals surface area contributed by atoms with E-state index in [9.17, 15) is 4.79 Å². The number of aromatic nitrogens is 1. The van der Waals surface area contributed by atoms with Crippen LogP contribution in [0.5, 0.6) is 5.75 Å². The molecule has 3 aliphatic carbocycles. The predicted octanol–water partition coefficient (Wildman–Crippen LogP) is 7.30. The average Bonchev–Trinajstić information content (AvgIpc) is 2.88. The Hall–Kier alpha value is -2.85. The number of fused-ring (bicyclic) bond motifs is 3. The summed E-state index contributed by atoms with van der Waals surface area (Å²) in [7, 11) is 1.73. The quantitative estimate of drug-likeness (QED) is 0.365. The van der Waals surface area contributed by atoms with Crippen molar-refractivity contribution in [1.29, 1.82) is 0 Å². The molecule has 0 N–H and O–H groups in total. The van der Waals surface area contributed by atoms with Crippen molar-refractivity contribution in [2.24, 2.45) is 5.41 Å². The van der Waals surface area contributed by atoms with Crippen LogP contribution in [0.2, 0.25) is 5.02 Å². The second kappa shape index (κ2) is 9.31. The molecule has 2 bridgehead atoms. The Kier molecular flexibility index (Phi) is 6.35. The lowest BCUT2D eigenvalue weighted by molar-refractivity contribution is 0.0441. The first-order chi connectivity index (χ1) is 16.8. The van der Waals surface area contributed by atoms with Crippen LogP contribution in [0.3, 0.4) is 0 Å². The Balaban J connectivity index is 1.42. The summed E-state index contributed by atoms with van der Waals surface area (Å²) in [6.45, 7) is 4.79. The smallest absolute Gasteiger partial charge is 0.258 e. The zero-order valence-electron chi connectivity index (χ0n) is 20.8. The van der Waals surface area contributed by atoms with Gasteiger partial charge in [0.05, 0.1) is 7.11 Å². The lowest BCUT2D eigenvalue weighted by atomic mass is 9.51. The molecule has 1 heterocycles. The van der Waals surface area contributed by atoms with Gasteiger partial charge in [-0.3, -0.25) is 9.78 Å². The van der Waals surface area contributed by atoms with Gasteiger partial charge in [-0.2, -0.15) is 0 Å². The fourth-order valence-electron chi connectivity index (χ4n) is 6.26. The van der Waals surface area contributed by atoms with Gasteiger partial charge in [0.1, 0.15) is 5.75 Å². The van der Waals surface area contributed by atoms with Crippen LogP contribution in [0.25, 0.3) is 0 Å². The Morgan fingerprint density at radius 2 is 1.74 bits per heavy atom. The van der Waals surface area contributed by atoms with Crippen LogP contribution in [-0.2, 0) is 5.41 Å². The monoisotopic (exact) mass is 488 g/mol. The lowest BCUT2D eigenvalue weighted by Crippen LogP contribution is -2.50. The van der Waals surface area contributed by atoms with Crippen molar-refractivity contribution in [2.45, 2.75) is 57.8 Å². The van der Waals surface area contributed by atoms with E-state index in [0.717, 1.165) is 55.5 Å². The molecule has 1 amide bonds. The molecule has 4 nitrogen and oxygen atoms in total. The number of carbonyl (C=O) groups excluding carboxylic acids is 1. The van der Waals surface area contributed by atoms with E-state index in [2.05, 4.69) is 30.1 Å². The van der Waals surface area contributed by atoms with E-state index in [0.29, 0.717) is 17.1 Å². The van der Waals surface area contributed by atoms with Gasteiger partial charge >= 0.3 is 0 Å². The first-order valence-corrected chi connectivity index (χ1v) is 12.9. The van der Waals surface area contributed by atoms with Gasteiger partial charge in [-0.1, -0.05) is 29.8 Å². The molecule has 0 aliphatic heterocycles. The fourth-order valence-corrected chi connectivity index (χ4v) is 6.44. The highest BCUT2D eigenvalue weighted by molar-refractivity contribution is 6.31. The molecular weight excluding hydrogens is 456 g/mol. The highest BCUT2D eigenvalue weighted by Gasteiger charge is 2.50. The van der Waals surface area contributed by atoms with Crippen molar-refractivity contribution in [2.75, 3.05) is 18.6 Å². The minimum absolute atomic E-state index is 0.0229. The van der Waals surface area contributed by atoms with E-state index in [-0.39, 0.29) is 16.7 Å². The number of anilines is 1. The van der Waals surface area contributed by atoms with Gasteiger partial charge in [0, 0.05) is 35.2 Å². The summed E-state index contributed by atoms with van der Waals surface area (Å²) < 4.78 is 5.49. The summed E-state index contributed by atoms with van der Waals surface area (Å²) in [5.74, 6) is 0.975. The second-order valence-corrected chi connectivity index (χ2v) is 11.0. The van der Waals surface area contributed by atoms with Crippen molar-refractivity contribution in [1.82, 2.24) is 4.98 Å². The maximum Gasteiger partial charge on any atom is 0.258 e. The number of aryl methyl sites for hydroxylation is 2. The molecule has 3 aromatic rings. The molecule has 0 unspecified atom stereocenters. The third kappa shape index (κ3) is 4.45. The number of rotatable bonds is 6. The highest BCUT2D eigenvalue weighted by Crippen LogP contribution is 2.58. The van der Waals surface area contributed by atoms with Crippen LogP contribution >= 0.6 is 11.6 Å². The molecule has 6 rings (SSSR count). The standard InChI is InChI=1S/C30H33ClN2O2/c1-21-17-23(7-8-27(21)35-3)30-13-10-29(11-14-30,12-15-30)20-33(25-6-4-5-24(31)18-25)28(34)26-9-16-32-19-22(26)2/h4-9,16-19H,10-15,20H2,1-3H3. The van der Waals surface area contributed by atoms with Crippen LogP contribution in [-0.4, -0.2) is 24.5 Å². The number of hydrogen-bond acceptors (Lipinski definition) is 3. The third-order valence-corrected chi connectivity index (χ3v) is 8.75. The number of amides is 1. The Morgan fingerprint density at radius 3 is 2.37 bits per heavy atom. The molecule has 3 saturated carbocycles. The van der Waals surface area contributed by atoms with Crippen molar-refractivity contribution in [3.05, 3.63) is 88.2 Å². The van der Waals surface area contributed by atoms with Crippen LogP contribution in [0.15, 0.2) is 60.9 Å². The lowest BCUT2D eigenvalue weighted by Gasteiger charge is -2.55. The second-order valence-electron chi connectivity index (χ2n) is 10.5. The van der Waals surface area contributed by atoms with Crippen LogP contribution < -0.4 is 9.64 Å². The summed E-state index contributed by atoms with van der Waals surface area (Å²) in [5.41, 5.74) is 5.47. The normalized spacial score (nSPS) is 23.2. The zero-order chi connectivity index (χ0) is 24.6. The van der Waals surface area contributed by atoms with Gasteiger partial charge in [0.2, 0.25) is 0 Å². The average molecular weight is 489 g/mol. The maximum atomic E-state index is 13.8. The maximum absolute atomic E-state index is 13.8. The fraction of sp³-hybridized carbons (Fsp3) is 0.400. The summed E-state index contributed by atoms with van der Waals surface area (Å²) in [5, 5.41) is 0.644. The molecular formula is C30H33ClN2O2. The van der Waals surface area contributed by atoms with Gasteiger partial charge in [-0.05, 0) is 110 Å². The molecule has 0 atom stereocenters. The van der Waals surface area contributed by atoms with E-state index in [4.69, 9.17) is 16.3 Å². The SMILES string of the molecule is COc1ccc(C23CCC(CN(C(=O)c4ccncc4C)c4cccc(Cl)c4)(CC2)CC3)cc1C. The molecule has 0 radical (unpaired) electrons. The van der Waals surface area contributed by atoms with E-state index in [1.54, 1.807) is 19.5 Å². The molecule has 3 aliphatic rings. The molecule has 1 aromatic heterocycles. The molecule has 35 heavy (non-hydrogen) atoms. The van der Waals surface area contributed by atoms with E-state index < -0.39 is 0 Å². The summed E-state index contributed by atoms with van der Waals surface area (Å²) in [6, 6.07) is 16.2. The van der Waals surface area contributed by atoms with Gasteiger partial charge in [-0.15, -0.1) is 0 Å². The Morgan fingerprint density at radius 1 is 1.00 bits per heavy atom. The number of methoxy groups -OCH3 is 1. The largest absolute Gasteiger partial charge is 0.496 e. The number of halogens is 1. The van der Waals surface area contributed by atoms with Crippen molar-refractivity contribution < 1.29 is 9.53 Å². The zero-order valence-corrected chi connectivity index (χ0v) is 21.6. The Bertz CT molecular complexity index is 1230. The van der Waals surface area contributed by atoms with Crippen molar-refractivity contribution in [3.63, 3.8) is 0 Å². The summed E-state index contributed by atoms with van der Waals surface area (Å²) in [6.07, 6.45) is 10.3. The number of benzene rings is 2. The van der Waals surface area contributed by atoms with Gasteiger partial charge < -0.3 is 9.64 Å². The number of pyridine rings is 1. The number of hydrogen-bond donors (Lipinski definition) is 0. The first kappa shape index (κ1) is 23.9. The molecule has 182 valence electrons. The highest BCUT2D eigenvalue weighted by atomic mass is 35.5. The van der Waals surface area contributed by atoms with Crippen molar-refractivity contribution >= 4 is 23.2 Å². The molecule has 0 saturated heterocycles. The van der Waals surface area contributed by atoms with Crippen LogP contribution in [0.4, 0.5) is 5.69 Å². The molecule has 5 heteroatoms. The topological polar surface area (TPSA) is 42.4 Å². The Labute approximate surface area is 213 Å². The summed E-state index contributed by atoms with van der Waals surface area (Å²) >= 11 is 6.35. The van der Waals surface area contributed by atoms with Crippen LogP contribution in [0.1, 0.15) is 65.6 Å². The number of ether oxygens (including phenoxy) is 1. The van der Waals surface area contributed by atoms with E-state index in [1.807, 2.05) is 42.2 Å². The number of nitrogens with zero attached hydrogens (tertiary/aromatic N) is 2. The summed E-state index contributed by atoms with van der Waals surface area (Å²) in [4.78, 5) is 20.0. The molecule has 2 aromatic carbocycles.